The summed E-state index contributed by atoms with van der Waals surface area (Å²) in [5.41, 5.74) is -0.905. The van der Waals surface area contributed by atoms with Crippen LogP contribution in [-0.4, -0.2) is 120 Å². The first-order valence-corrected chi connectivity index (χ1v) is 14.5. The Hall–Kier alpha value is 0.860. The fraction of sp³-hybridized carbons (Fsp3) is 0.667. The topological polar surface area (TPSA) is 74.8 Å². The molecule has 2 aliphatic heterocycles. The summed E-state index contributed by atoms with van der Waals surface area (Å²) in [5.74, 6) is 0.694. The Bertz CT molecular complexity index is 834. The molecule has 0 radical (unpaired) electrons. The van der Waals surface area contributed by atoms with E-state index in [-0.39, 0.29) is 60.7 Å². The van der Waals surface area contributed by atoms with Crippen LogP contribution in [0.2, 0.25) is 0 Å². The maximum atomic E-state index is 11.4. The zero-order chi connectivity index (χ0) is 23.4. The molecule has 2 aliphatic rings. The molecule has 0 amide bonds. The SMILES string of the molecule is C=CCN(C(=S)[S-])C1(C)CCS(=O)(=O)C1.C=CCN(C(=S)[S-])C1(C)CCS(=O)(=O)C1.[Ca+2]. The zero-order valence-corrected chi connectivity index (χ0v) is 25.0. The predicted molar refractivity (Wildman–Crippen MR) is 143 cm³/mol. The van der Waals surface area contributed by atoms with E-state index in [2.05, 4.69) is 13.2 Å². The largest absolute Gasteiger partial charge is 2.00 e. The molecule has 0 N–H and O–H groups in total. The Morgan fingerprint density at radius 1 is 0.871 bits per heavy atom. The van der Waals surface area contributed by atoms with E-state index in [1.165, 1.54) is 0 Å². The van der Waals surface area contributed by atoms with Gasteiger partial charge < -0.3 is 59.5 Å². The van der Waals surface area contributed by atoms with E-state index in [4.69, 9.17) is 49.7 Å². The molecular weight excluding hydrogens is 541 g/mol. The third-order valence-electron chi connectivity index (χ3n) is 5.33. The minimum absolute atomic E-state index is 0. The Balaban J connectivity index is 0.000000562. The van der Waals surface area contributed by atoms with E-state index in [9.17, 15) is 16.8 Å². The van der Waals surface area contributed by atoms with Crippen LogP contribution in [0.4, 0.5) is 0 Å². The van der Waals surface area contributed by atoms with Crippen molar-refractivity contribution >= 4 is 116 Å². The number of hydrogen-bond donors (Lipinski definition) is 0. The van der Waals surface area contributed by atoms with E-state index < -0.39 is 30.8 Å². The Kier molecular flexibility index (Phi) is 12.9. The van der Waals surface area contributed by atoms with Gasteiger partial charge in [0.05, 0.1) is 34.1 Å². The van der Waals surface area contributed by atoms with Crippen molar-refractivity contribution < 1.29 is 16.8 Å². The van der Waals surface area contributed by atoms with Crippen LogP contribution in [0, 0.1) is 0 Å². The van der Waals surface area contributed by atoms with Crippen molar-refractivity contribution in [1.29, 1.82) is 0 Å². The standard InChI is InChI=1S/2C9H15NO2S3.Ca/c2*1-3-5-10(8(13)14)9(2)4-6-15(11,12)7-9;/h2*3H,1,4-7H2,2H3,(H,13,14);/q;;+2/p-2. The van der Waals surface area contributed by atoms with Crippen molar-refractivity contribution in [3.63, 3.8) is 0 Å². The molecule has 31 heavy (non-hydrogen) atoms. The van der Waals surface area contributed by atoms with Crippen LogP contribution in [0.15, 0.2) is 25.3 Å². The molecule has 0 aromatic heterocycles. The van der Waals surface area contributed by atoms with Gasteiger partial charge in [-0.2, -0.15) is 0 Å². The average molecular weight is 569 g/mol. The number of thiocarbonyl (C=S) groups is 2. The monoisotopic (exact) mass is 568 g/mol. The van der Waals surface area contributed by atoms with Gasteiger partial charge in [0.1, 0.15) is 0 Å². The molecule has 172 valence electrons. The zero-order valence-electron chi connectivity index (χ0n) is 17.9. The Morgan fingerprint density at radius 3 is 1.32 bits per heavy atom. The molecule has 0 aliphatic carbocycles. The summed E-state index contributed by atoms with van der Waals surface area (Å²) in [5, 5.41) is 0. The normalized spacial score (nSPS) is 27.7. The van der Waals surface area contributed by atoms with Gasteiger partial charge >= 0.3 is 37.7 Å². The van der Waals surface area contributed by atoms with Crippen molar-refractivity contribution in [2.24, 2.45) is 0 Å². The van der Waals surface area contributed by atoms with E-state index in [0.29, 0.717) is 34.6 Å². The number of rotatable bonds is 6. The van der Waals surface area contributed by atoms with Crippen LogP contribution in [0.1, 0.15) is 26.7 Å². The molecule has 0 saturated carbocycles. The summed E-state index contributed by atoms with van der Waals surface area (Å²) in [6, 6.07) is 0. The summed E-state index contributed by atoms with van der Waals surface area (Å²) < 4.78 is 46.4. The van der Waals surface area contributed by atoms with Crippen molar-refractivity contribution in [1.82, 2.24) is 9.80 Å². The van der Waals surface area contributed by atoms with Crippen LogP contribution in [0.3, 0.4) is 0 Å². The quantitative estimate of drug-likeness (QED) is 0.203. The Labute approximate surface area is 238 Å². The first-order chi connectivity index (χ1) is 13.6. The molecule has 2 atom stereocenters. The first kappa shape index (κ1) is 31.9. The van der Waals surface area contributed by atoms with Gasteiger partial charge in [-0.15, -0.1) is 13.2 Å². The fourth-order valence-corrected chi connectivity index (χ4v) is 9.17. The summed E-state index contributed by atoms with van der Waals surface area (Å²) in [7, 11) is -5.87. The molecular formula is C18H28CaN2O4S6. The van der Waals surface area contributed by atoms with Gasteiger partial charge in [-0.1, -0.05) is 20.8 Å². The third-order valence-corrected chi connectivity index (χ3v) is 9.99. The summed E-state index contributed by atoms with van der Waals surface area (Å²) in [6.07, 6.45) is 4.55. The van der Waals surface area contributed by atoms with E-state index in [1.807, 2.05) is 13.8 Å². The van der Waals surface area contributed by atoms with E-state index in [1.54, 1.807) is 22.0 Å². The third kappa shape index (κ3) is 9.20. The molecule has 0 spiro atoms. The predicted octanol–water partition coefficient (Wildman–Crippen LogP) is 1.39. The van der Waals surface area contributed by atoms with Gasteiger partial charge in [0, 0.05) is 13.1 Å². The van der Waals surface area contributed by atoms with E-state index >= 15 is 0 Å². The van der Waals surface area contributed by atoms with Crippen LogP contribution in [0.5, 0.6) is 0 Å². The van der Waals surface area contributed by atoms with Crippen LogP contribution < -0.4 is 0 Å². The van der Waals surface area contributed by atoms with Crippen LogP contribution >= 0.6 is 24.4 Å². The second kappa shape index (κ2) is 12.5. The molecule has 2 saturated heterocycles. The molecule has 0 aromatic rings. The number of nitrogens with zero attached hydrogens (tertiary/aromatic N) is 2. The minimum Gasteiger partial charge on any atom is -0.411 e. The molecule has 2 unspecified atom stereocenters. The maximum absolute atomic E-state index is 11.4. The van der Waals surface area contributed by atoms with Crippen molar-refractivity contribution in [2.45, 2.75) is 37.8 Å². The number of hydrogen-bond acceptors (Lipinski definition) is 8. The summed E-state index contributed by atoms with van der Waals surface area (Å²) >= 11 is 19.9. The van der Waals surface area contributed by atoms with Crippen molar-refractivity contribution in [3.05, 3.63) is 25.3 Å². The van der Waals surface area contributed by atoms with Gasteiger partial charge in [0.2, 0.25) is 0 Å². The fourth-order valence-electron chi connectivity index (χ4n) is 3.70. The maximum Gasteiger partial charge on any atom is 2.00 e. The van der Waals surface area contributed by atoms with Crippen LogP contribution in [-0.2, 0) is 44.9 Å². The van der Waals surface area contributed by atoms with Gasteiger partial charge in [0.25, 0.3) is 0 Å². The average Bonchev–Trinajstić information content (AvgIpc) is 3.05. The summed E-state index contributed by atoms with van der Waals surface area (Å²) in [4.78, 5) is 3.55. The molecule has 6 nitrogen and oxygen atoms in total. The minimum atomic E-state index is -2.93. The van der Waals surface area contributed by atoms with Crippen LogP contribution in [0.25, 0.3) is 0 Å². The molecule has 2 fully saturated rings. The van der Waals surface area contributed by atoms with Gasteiger partial charge in [-0.05, 0) is 26.7 Å². The van der Waals surface area contributed by atoms with E-state index in [0.717, 1.165) is 0 Å². The van der Waals surface area contributed by atoms with Crippen molar-refractivity contribution in [3.8, 4) is 0 Å². The second-order valence-electron chi connectivity index (χ2n) is 8.01. The van der Waals surface area contributed by atoms with Gasteiger partial charge in [-0.25, -0.2) is 16.8 Å². The van der Waals surface area contributed by atoms with Gasteiger partial charge in [0.15, 0.2) is 19.7 Å². The number of sulfone groups is 2. The molecule has 2 heterocycles. The molecule has 2 rings (SSSR count). The molecule has 13 heteroatoms. The molecule has 0 bridgehead atoms. The first-order valence-electron chi connectivity index (χ1n) is 9.21. The van der Waals surface area contributed by atoms with Gasteiger partial charge in [-0.3, -0.25) is 0 Å². The molecule has 0 aromatic carbocycles. The Morgan fingerprint density at radius 2 is 1.16 bits per heavy atom. The van der Waals surface area contributed by atoms with Crippen molar-refractivity contribution in [2.75, 3.05) is 36.1 Å². The second-order valence-corrected chi connectivity index (χ2v) is 14.4. The summed E-state index contributed by atoms with van der Waals surface area (Å²) in [6.45, 7) is 12.0. The smallest absolute Gasteiger partial charge is 0.411 e.